The van der Waals surface area contributed by atoms with Crippen LogP contribution in [0.5, 0.6) is 5.75 Å². The van der Waals surface area contributed by atoms with E-state index in [9.17, 15) is 9.18 Å². The first-order valence-electron chi connectivity index (χ1n) is 8.35. The Morgan fingerprint density at radius 2 is 1.96 bits per heavy atom. The van der Waals surface area contributed by atoms with Crippen molar-refractivity contribution in [2.24, 2.45) is 0 Å². The molecule has 6 nitrogen and oxygen atoms in total. The number of ether oxygens (including phenoxy) is 1. The Morgan fingerprint density at radius 1 is 1.22 bits per heavy atom. The summed E-state index contributed by atoms with van der Waals surface area (Å²) in [6.07, 6.45) is 0. The van der Waals surface area contributed by atoms with Crippen molar-refractivity contribution in [2.75, 3.05) is 11.9 Å². The van der Waals surface area contributed by atoms with Crippen LogP contribution in [0.4, 0.5) is 10.1 Å². The van der Waals surface area contributed by atoms with Gasteiger partial charge in [-0.15, -0.1) is 10.2 Å². The summed E-state index contributed by atoms with van der Waals surface area (Å²) in [5.41, 5.74) is 1.22. The van der Waals surface area contributed by atoms with Crippen LogP contribution in [0.3, 0.4) is 0 Å². The molecule has 0 fully saturated rings. The number of hydrogen-bond donors (Lipinski definition) is 1. The van der Waals surface area contributed by atoms with Crippen LogP contribution in [-0.2, 0) is 4.79 Å². The minimum atomic E-state index is -0.471. The van der Waals surface area contributed by atoms with Crippen LogP contribution in [0.15, 0.2) is 58.2 Å². The number of halogens is 1. The van der Waals surface area contributed by atoms with Crippen molar-refractivity contribution < 1.29 is 18.3 Å². The van der Waals surface area contributed by atoms with Gasteiger partial charge in [-0.2, -0.15) is 0 Å². The van der Waals surface area contributed by atoms with E-state index < -0.39 is 5.25 Å². The number of carbonyl (C=O) groups excluding carboxylic acids is 1. The molecule has 3 rings (SSSR count). The number of carbonyl (C=O) groups is 1. The number of thioether (sulfide) groups is 1. The van der Waals surface area contributed by atoms with Gasteiger partial charge in [0.05, 0.1) is 17.5 Å². The topological polar surface area (TPSA) is 77.2 Å². The Balaban J connectivity index is 1.64. The van der Waals surface area contributed by atoms with E-state index in [0.717, 1.165) is 11.8 Å². The molecule has 0 radical (unpaired) electrons. The third-order valence-electron chi connectivity index (χ3n) is 3.59. The van der Waals surface area contributed by atoms with Crippen LogP contribution in [0.2, 0.25) is 0 Å². The van der Waals surface area contributed by atoms with Crippen LogP contribution < -0.4 is 10.1 Å². The lowest BCUT2D eigenvalue weighted by Gasteiger charge is -2.13. The zero-order chi connectivity index (χ0) is 19.2. The van der Waals surface area contributed by atoms with Gasteiger partial charge >= 0.3 is 0 Å². The highest BCUT2D eigenvalue weighted by Crippen LogP contribution is 2.28. The predicted molar refractivity (Wildman–Crippen MR) is 101 cm³/mol. The van der Waals surface area contributed by atoms with Gasteiger partial charge in [0.25, 0.3) is 5.22 Å². The molecule has 2 aromatic carbocycles. The molecule has 1 amide bonds. The standard InChI is InChI=1S/C19H18FN3O3S/c1-3-25-16-7-5-4-6-15(16)21-17(24)12(2)27-19-23-22-18(26-19)13-8-10-14(20)11-9-13/h4-12H,3H2,1-2H3,(H,21,24)/t12-/m0/s1. The number of nitrogens with one attached hydrogen (secondary N) is 1. The van der Waals surface area contributed by atoms with E-state index in [-0.39, 0.29) is 22.8 Å². The van der Waals surface area contributed by atoms with E-state index in [2.05, 4.69) is 15.5 Å². The lowest BCUT2D eigenvalue weighted by atomic mass is 10.2. The van der Waals surface area contributed by atoms with Crippen molar-refractivity contribution >= 4 is 23.4 Å². The second-order valence-electron chi connectivity index (χ2n) is 5.56. The third kappa shape index (κ3) is 4.85. The minimum absolute atomic E-state index is 0.214. The van der Waals surface area contributed by atoms with Crippen molar-refractivity contribution in [1.82, 2.24) is 10.2 Å². The van der Waals surface area contributed by atoms with E-state index in [1.807, 2.05) is 19.1 Å². The molecular weight excluding hydrogens is 369 g/mol. The monoisotopic (exact) mass is 387 g/mol. The van der Waals surface area contributed by atoms with E-state index in [0.29, 0.717) is 23.6 Å². The smallest absolute Gasteiger partial charge is 0.277 e. The zero-order valence-electron chi connectivity index (χ0n) is 14.8. The SMILES string of the molecule is CCOc1ccccc1NC(=O)[C@H](C)Sc1nnc(-c2ccc(F)cc2)o1. The number of hydrogen-bond acceptors (Lipinski definition) is 6. The molecule has 1 aromatic heterocycles. The molecular formula is C19H18FN3O3S. The number of amides is 1. The van der Waals surface area contributed by atoms with E-state index in [1.165, 1.54) is 12.1 Å². The van der Waals surface area contributed by atoms with E-state index in [4.69, 9.17) is 9.15 Å². The first kappa shape index (κ1) is 18.9. The fraction of sp³-hybridized carbons (Fsp3) is 0.211. The van der Waals surface area contributed by atoms with Gasteiger partial charge in [0.15, 0.2) is 0 Å². The molecule has 3 aromatic rings. The summed E-state index contributed by atoms with van der Waals surface area (Å²) in [5, 5.41) is 10.5. The highest BCUT2D eigenvalue weighted by molar-refractivity contribution is 8.00. The highest BCUT2D eigenvalue weighted by Gasteiger charge is 2.20. The summed E-state index contributed by atoms with van der Waals surface area (Å²) in [4.78, 5) is 12.5. The average molecular weight is 387 g/mol. The molecule has 0 saturated heterocycles. The lowest BCUT2D eigenvalue weighted by Crippen LogP contribution is -2.22. The summed E-state index contributed by atoms with van der Waals surface area (Å²) in [6, 6.07) is 13.0. The molecule has 1 N–H and O–H groups in total. The molecule has 140 valence electrons. The summed E-state index contributed by atoms with van der Waals surface area (Å²) >= 11 is 1.14. The summed E-state index contributed by atoms with van der Waals surface area (Å²) < 4.78 is 24.1. The van der Waals surface area contributed by atoms with E-state index in [1.54, 1.807) is 31.2 Å². The maximum absolute atomic E-state index is 13.0. The Kier molecular flexibility index (Phi) is 6.08. The van der Waals surface area contributed by atoms with Gasteiger partial charge in [-0.25, -0.2) is 4.39 Å². The van der Waals surface area contributed by atoms with Crippen LogP contribution in [-0.4, -0.2) is 28.0 Å². The third-order valence-corrected chi connectivity index (χ3v) is 4.52. The number of anilines is 1. The van der Waals surface area contributed by atoms with E-state index >= 15 is 0 Å². The predicted octanol–water partition coefficient (Wildman–Crippen LogP) is 4.39. The van der Waals surface area contributed by atoms with Crippen LogP contribution >= 0.6 is 11.8 Å². The Hall–Kier alpha value is -2.87. The number of para-hydroxylation sites is 2. The fourth-order valence-corrected chi connectivity index (χ4v) is 2.94. The van der Waals surface area contributed by atoms with Crippen molar-refractivity contribution in [3.05, 3.63) is 54.3 Å². The van der Waals surface area contributed by atoms with Crippen LogP contribution in [0.1, 0.15) is 13.8 Å². The summed E-state index contributed by atoms with van der Waals surface area (Å²) in [5.74, 6) is 0.327. The van der Waals surface area contributed by atoms with Gasteiger partial charge in [0.1, 0.15) is 11.6 Å². The highest BCUT2D eigenvalue weighted by atomic mass is 32.2. The number of rotatable bonds is 7. The van der Waals surface area contributed by atoms with Gasteiger partial charge in [-0.1, -0.05) is 23.9 Å². The molecule has 1 heterocycles. The second-order valence-corrected chi connectivity index (χ2v) is 6.85. The molecule has 0 unspecified atom stereocenters. The average Bonchev–Trinajstić information content (AvgIpc) is 3.12. The van der Waals surface area contributed by atoms with Crippen molar-refractivity contribution in [1.29, 1.82) is 0 Å². The molecule has 0 aliphatic heterocycles. The quantitative estimate of drug-likeness (QED) is 0.606. The largest absolute Gasteiger partial charge is 0.492 e. The van der Waals surface area contributed by atoms with Gasteiger partial charge in [-0.3, -0.25) is 4.79 Å². The molecule has 0 aliphatic rings. The normalized spacial score (nSPS) is 11.8. The van der Waals surface area contributed by atoms with Crippen LogP contribution in [0, 0.1) is 5.82 Å². The molecule has 0 aliphatic carbocycles. The zero-order valence-corrected chi connectivity index (χ0v) is 15.6. The van der Waals surface area contributed by atoms with Crippen molar-refractivity contribution in [3.8, 4) is 17.2 Å². The summed E-state index contributed by atoms with van der Waals surface area (Å²) in [7, 11) is 0. The molecule has 0 spiro atoms. The summed E-state index contributed by atoms with van der Waals surface area (Å²) in [6.45, 7) is 4.13. The Bertz CT molecular complexity index is 915. The van der Waals surface area contributed by atoms with Gasteiger partial charge in [0.2, 0.25) is 11.8 Å². The van der Waals surface area contributed by atoms with Gasteiger partial charge < -0.3 is 14.5 Å². The second kappa shape index (κ2) is 8.68. The number of benzene rings is 2. The van der Waals surface area contributed by atoms with Crippen molar-refractivity contribution in [2.45, 2.75) is 24.3 Å². The molecule has 27 heavy (non-hydrogen) atoms. The van der Waals surface area contributed by atoms with Gasteiger partial charge in [-0.05, 0) is 50.2 Å². The first-order chi connectivity index (χ1) is 13.1. The maximum atomic E-state index is 13.0. The molecule has 8 heteroatoms. The first-order valence-corrected chi connectivity index (χ1v) is 9.23. The number of nitrogens with zero attached hydrogens (tertiary/aromatic N) is 2. The fourth-order valence-electron chi connectivity index (χ4n) is 2.26. The maximum Gasteiger partial charge on any atom is 0.277 e. The number of aromatic nitrogens is 2. The van der Waals surface area contributed by atoms with Gasteiger partial charge in [0, 0.05) is 5.56 Å². The van der Waals surface area contributed by atoms with Crippen LogP contribution in [0.25, 0.3) is 11.5 Å². The Morgan fingerprint density at radius 3 is 2.70 bits per heavy atom. The molecule has 0 bridgehead atoms. The molecule has 1 atom stereocenters. The van der Waals surface area contributed by atoms with Crippen molar-refractivity contribution in [3.63, 3.8) is 0 Å². The minimum Gasteiger partial charge on any atom is -0.492 e. The Labute approximate surface area is 160 Å². The lowest BCUT2D eigenvalue weighted by molar-refractivity contribution is -0.115. The molecule has 0 saturated carbocycles.